The van der Waals surface area contributed by atoms with Gasteiger partial charge in [-0.3, -0.25) is 4.68 Å². The highest BCUT2D eigenvalue weighted by molar-refractivity contribution is 7.80. The summed E-state index contributed by atoms with van der Waals surface area (Å²) in [7, 11) is 0. The second kappa shape index (κ2) is 8.64. The van der Waals surface area contributed by atoms with Crippen LogP contribution in [-0.4, -0.2) is 27.5 Å². The van der Waals surface area contributed by atoms with Gasteiger partial charge in [-0.05, 0) is 57.3 Å². The summed E-state index contributed by atoms with van der Waals surface area (Å²) in [5.41, 5.74) is 1.78. The van der Waals surface area contributed by atoms with E-state index in [0.717, 1.165) is 42.8 Å². The topological polar surface area (TPSA) is 68.2 Å². The van der Waals surface area contributed by atoms with Crippen LogP contribution in [-0.2, 0) is 24.1 Å². The van der Waals surface area contributed by atoms with Gasteiger partial charge < -0.3 is 15.4 Å². The molecule has 0 aliphatic heterocycles. The average molecular weight is 393 g/mol. The summed E-state index contributed by atoms with van der Waals surface area (Å²) in [6.07, 6.45) is 7.28. The Morgan fingerprint density at radius 2 is 2.12 bits per heavy atom. The molecule has 6 nitrogen and oxygen atoms in total. The van der Waals surface area contributed by atoms with E-state index in [0.29, 0.717) is 23.1 Å². The third kappa shape index (κ3) is 4.24. The fourth-order valence-electron chi connectivity index (χ4n) is 3.11. The van der Waals surface area contributed by atoms with Crippen molar-refractivity contribution in [2.24, 2.45) is 0 Å². The molecule has 2 heterocycles. The number of fused-ring (bicyclic) bond motifs is 1. The van der Waals surface area contributed by atoms with E-state index in [4.69, 9.17) is 17.0 Å². The molecule has 8 heteroatoms. The molecule has 1 aliphatic carbocycles. The number of aromatic nitrogens is 2. The number of aryl methyl sites for hydroxylation is 2. The largest absolute Gasteiger partial charge is 0.462 e. The molecule has 0 unspecified atom stereocenters. The summed E-state index contributed by atoms with van der Waals surface area (Å²) in [5.74, 6) is 0.410. The van der Waals surface area contributed by atoms with Crippen molar-refractivity contribution in [3.63, 3.8) is 0 Å². The smallest absolute Gasteiger partial charge is 0.341 e. The van der Waals surface area contributed by atoms with E-state index in [1.54, 1.807) is 11.3 Å². The molecule has 2 N–H and O–H groups in total. The number of thiophene rings is 1. The van der Waals surface area contributed by atoms with Gasteiger partial charge in [0.2, 0.25) is 0 Å². The minimum Gasteiger partial charge on any atom is -0.462 e. The normalized spacial score (nSPS) is 13.6. The predicted molar refractivity (Wildman–Crippen MR) is 109 cm³/mol. The van der Waals surface area contributed by atoms with Crippen LogP contribution in [0, 0.1) is 0 Å². The monoisotopic (exact) mass is 392 g/mol. The zero-order chi connectivity index (χ0) is 18.5. The van der Waals surface area contributed by atoms with E-state index in [2.05, 4.69) is 15.7 Å². The van der Waals surface area contributed by atoms with E-state index in [-0.39, 0.29) is 5.97 Å². The molecule has 140 valence electrons. The minimum absolute atomic E-state index is 0.271. The maximum Gasteiger partial charge on any atom is 0.341 e. The molecule has 26 heavy (non-hydrogen) atoms. The lowest BCUT2D eigenvalue weighted by molar-refractivity contribution is 0.0527. The average Bonchev–Trinajstić information content (AvgIpc) is 3.12. The van der Waals surface area contributed by atoms with Crippen LogP contribution >= 0.6 is 23.6 Å². The van der Waals surface area contributed by atoms with Crippen molar-refractivity contribution in [3.8, 4) is 0 Å². The Hall–Kier alpha value is -1.93. The van der Waals surface area contributed by atoms with Crippen molar-refractivity contribution in [3.05, 3.63) is 28.3 Å². The number of hydrogen-bond acceptors (Lipinski definition) is 5. The van der Waals surface area contributed by atoms with Crippen LogP contribution in [0.15, 0.2) is 12.3 Å². The van der Waals surface area contributed by atoms with Crippen molar-refractivity contribution < 1.29 is 9.53 Å². The molecule has 0 radical (unpaired) electrons. The first-order valence-electron chi connectivity index (χ1n) is 9.05. The Bertz CT molecular complexity index is 797. The second-order valence-electron chi connectivity index (χ2n) is 6.12. The molecule has 0 aromatic carbocycles. The second-order valence-corrected chi connectivity index (χ2v) is 7.64. The number of thiocarbonyl (C=S) groups is 1. The summed E-state index contributed by atoms with van der Waals surface area (Å²) in [6, 6.07) is 1.87. The molecule has 3 rings (SSSR count). The number of hydrogen-bond donors (Lipinski definition) is 2. The Morgan fingerprint density at radius 3 is 2.85 bits per heavy atom. The summed E-state index contributed by atoms with van der Waals surface area (Å²) in [4.78, 5) is 13.8. The van der Waals surface area contributed by atoms with Crippen LogP contribution in [0.3, 0.4) is 0 Å². The molecule has 0 atom stereocenters. The lowest BCUT2D eigenvalue weighted by Gasteiger charge is -2.10. The number of ether oxygens (including phenoxy) is 1. The van der Waals surface area contributed by atoms with Gasteiger partial charge in [0, 0.05) is 23.7 Å². The Labute approximate surface area is 162 Å². The molecule has 0 saturated carbocycles. The molecule has 2 aromatic heterocycles. The molecule has 0 fully saturated rings. The molecular weight excluding hydrogens is 368 g/mol. The van der Waals surface area contributed by atoms with Gasteiger partial charge >= 0.3 is 5.97 Å². The van der Waals surface area contributed by atoms with Gasteiger partial charge in [-0.15, -0.1) is 11.3 Å². The number of nitrogens with one attached hydrogen (secondary N) is 2. The Kier molecular flexibility index (Phi) is 6.26. The number of esters is 1. The highest BCUT2D eigenvalue weighted by Gasteiger charge is 2.26. The molecule has 2 aromatic rings. The fourth-order valence-corrected chi connectivity index (χ4v) is 4.66. The van der Waals surface area contributed by atoms with Gasteiger partial charge in [-0.25, -0.2) is 4.79 Å². The number of carbonyl (C=O) groups is 1. The summed E-state index contributed by atoms with van der Waals surface area (Å²) in [6.45, 7) is 5.01. The predicted octanol–water partition coefficient (Wildman–Crippen LogP) is 4.22. The van der Waals surface area contributed by atoms with Crippen LogP contribution in [0.5, 0.6) is 0 Å². The van der Waals surface area contributed by atoms with Crippen molar-refractivity contribution in [1.82, 2.24) is 9.78 Å². The fraction of sp³-hybridized carbons (Fsp3) is 0.500. The molecule has 0 bridgehead atoms. The van der Waals surface area contributed by atoms with Crippen LogP contribution in [0.4, 0.5) is 10.8 Å². The maximum absolute atomic E-state index is 12.6. The van der Waals surface area contributed by atoms with Gasteiger partial charge in [0.05, 0.1) is 12.2 Å². The van der Waals surface area contributed by atoms with Crippen molar-refractivity contribution in [1.29, 1.82) is 0 Å². The number of carbonyl (C=O) groups excluding carboxylic acids is 1. The minimum atomic E-state index is -0.271. The van der Waals surface area contributed by atoms with Gasteiger partial charge in [0.1, 0.15) is 5.00 Å². The van der Waals surface area contributed by atoms with Crippen LogP contribution in [0.25, 0.3) is 0 Å². The van der Waals surface area contributed by atoms with Gasteiger partial charge in [-0.2, -0.15) is 5.10 Å². The quantitative estimate of drug-likeness (QED) is 0.451. The third-order valence-corrected chi connectivity index (χ3v) is 5.75. The number of anilines is 2. The van der Waals surface area contributed by atoms with Crippen LogP contribution in [0.2, 0.25) is 0 Å². The highest BCUT2D eigenvalue weighted by atomic mass is 32.1. The van der Waals surface area contributed by atoms with E-state index in [1.807, 2.05) is 30.8 Å². The first-order valence-corrected chi connectivity index (χ1v) is 10.3. The van der Waals surface area contributed by atoms with Gasteiger partial charge in [0.25, 0.3) is 0 Å². The molecule has 0 amide bonds. The van der Waals surface area contributed by atoms with E-state index in [9.17, 15) is 4.79 Å². The molecular formula is C18H24N4O2S2. The summed E-state index contributed by atoms with van der Waals surface area (Å²) in [5, 5.41) is 11.8. The standard InChI is InChI=1S/C18H24N4O2S2/c1-3-22-11-10-14(21-22)19-18(25)20-16-15(17(23)24-4-2)12-8-6-5-7-9-13(12)26-16/h10-11H,3-9H2,1-2H3,(H2,19,20,21,25). The zero-order valence-electron chi connectivity index (χ0n) is 15.1. The van der Waals surface area contributed by atoms with E-state index >= 15 is 0 Å². The van der Waals surface area contributed by atoms with Crippen LogP contribution in [0.1, 0.15) is 53.9 Å². The lowest BCUT2D eigenvalue weighted by Crippen LogP contribution is -2.21. The maximum atomic E-state index is 12.6. The highest BCUT2D eigenvalue weighted by Crippen LogP contribution is 2.38. The third-order valence-electron chi connectivity index (χ3n) is 4.33. The molecule has 0 saturated heterocycles. The Morgan fingerprint density at radius 1 is 1.31 bits per heavy atom. The van der Waals surface area contributed by atoms with Crippen LogP contribution < -0.4 is 10.6 Å². The molecule has 0 spiro atoms. The number of rotatable bonds is 5. The van der Waals surface area contributed by atoms with Gasteiger partial charge in [-0.1, -0.05) is 6.42 Å². The first kappa shape index (κ1) is 18.8. The summed E-state index contributed by atoms with van der Waals surface area (Å²) >= 11 is 7.04. The van der Waals surface area contributed by atoms with Crippen molar-refractivity contribution >= 4 is 45.5 Å². The Balaban J connectivity index is 1.81. The van der Waals surface area contributed by atoms with E-state index in [1.165, 1.54) is 11.3 Å². The zero-order valence-corrected chi connectivity index (χ0v) is 16.8. The van der Waals surface area contributed by atoms with Crippen molar-refractivity contribution in [2.45, 2.75) is 52.5 Å². The molecule has 1 aliphatic rings. The van der Waals surface area contributed by atoms with E-state index < -0.39 is 0 Å². The lowest BCUT2D eigenvalue weighted by atomic mass is 10.1. The SMILES string of the molecule is CCOC(=O)c1c(NC(=S)Nc2ccn(CC)n2)sc2c1CCCCC2. The number of nitrogens with zero attached hydrogens (tertiary/aromatic N) is 2. The summed E-state index contributed by atoms with van der Waals surface area (Å²) < 4.78 is 7.12. The van der Waals surface area contributed by atoms with Gasteiger partial charge in [0.15, 0.2) is 10.9 Å². The van der Waals surface area contributed by atoms with Crippen molar-refractivity contribution in [2.75, 3.05) is 17.2 Å². The first-order chi connectivity index (χ1) is 12.6.